The van der Waals surface area contributed by atoms with Crippen LogP contribution in [0.1, 0.15) is 63.0 Å². The number of aromatic nitrogens is 12. The van der Waals surface area contributed by atoms with Crippen LogP contribution < -0.4 is 16.4 Å². The summed E-state index contributed by atoms with van der Waals surface area (Å²) in [7, 11) is 0. The van der Waals surface area contributed by atoms with Crippen molar-refractivity contribution in [1.82, 2.24) is 54.2 Å². The molecule has 1 atom stereocenters. The van der Waals surface area contributed by atoms with E-state index in [9.17, 15) is 4.39 Å². The third kappa shape index (κ3) is 18.6. The highest BCUT2D eigenvalue weighted by molar-refractivity contribution is 5.48. The monoisotopic (exact) mass is 1010 g/mol. The fourth-order valence-electron chi connectivity index (χ4n) is 6.34. The van der Waals surface area contributed by atoms with Gasteiger partial charge in [0.1, 0.15) is 56.4 Å². The molecule has 0 fully saturated rings. The Labute approximate surface area is 437 Å². The van der Waals surface area contributed by atoms with E-state index in [1.807, 2.05) is 72.8 Å². The molecule has 1 unspecified atom stereocenters. The Morgan fingerprint density at radius 3 is 1.34 bits per heavy atom. The van der Waals surface area contributed by atoms with E-state index in [0.29, 0.717) is 41.2 Å². The molecule has 4 N–H and O–H groups in total. The topological polar surface area (TPSA) is 270 Å². The fraction of sp³-hybridized carbons (Fsp3) is 0.0909. The summed E-state index contributed by atoms with van der Waals surface area (Å²) in [6.45, 7) is 17.0. The normalized spacial score (nSPS) is 9.84. The van der Waals surface area contributed by atoms with Crippen LogP contribution in [0.15, 0.2) is 196 Å². The summed E-state index contributed by atoms with van der Waals surface area (Å²) in [5.74, 6) is 10.2. The van der Waals surface area contributed by atoms with E-state index in [0.717, 1.165) is 34.2 Å². The number of halogens is 1. The molecule has 10 aromatic rings. The van der Waals surface area contributed by atoms with Gasteiger partial charge in [-0.05, 0) is 94.9 Å². The highest BCUT2D eigenvalue weighted by Gasteiger charge is 2.17. The average Bonchev–Trinajstić information content (AvgIpc) is 4.35. The standard InChI is InChI=1S/C17H11N5.C10H10N5.C10H8N4.C9H9N.C7H4FN.C2H4N4/c1-19-16-8-6-15(7-9-16)17(22-12-20-11-21-22)14-4-2-13(10-18)3-5-14;11-5-9-1-3-10(4-2-9)6-15-8-14(12)7-13-15;11-5-9-1-3-10(4-2-9)6-14-8-12-7-13-14;1-2-8-3-5-9(7-10)6-4-8;1-9-7-4-2-6(8)3-5-7;3-6-1-4-5-2-6/h2-9,11-12,17H;1-4,7-8H,6,12H2;1-4,7-8H,6H2;3-6H,2H2,1H3;2-5H;1-2H,3H2/q;+1;;;;. The number of nitrogens with zero attached hydrogens (tertiary/aromatic N) is 18. The van der Waals surface area contributed by atoms with Gasteiger partial charge in [0, 0.05) is 5.10 Å². The highest BCUT2D eigenvalue weighted by Crippen LogP contribution is 2.28. The van der Waals surface area contributed by atoms with Gasteiger partial charge in [-0.3, -0.25) is 5.84 Å². The van der Waals surface area contributed by atoms with E-state index in [1.54, 1.807) is 81.6 Å². The number of nitriles is 4. The van der Waals surface area contributed by atoms with Gasteiger partial charge in [0.05, 0.1) is 66.2 Å². The van der Waals surface area contributed by atoms with Crippen molar-refractivity contribution in [2.45, 2.75) is 32.5 Å². The first-order valence-corrected chi connectivity index (χ1v) is 22.6. The van der Waals surface area contributed by atoms with E-state index in [4.69, 9.17) is 45.9 Å². The van der Waals surface area contributed by atoms with Gasteiger partial charge in [-0.15, -0.1) is 19.6 Å². The minimum absolute atomic E-state index is 0.143. The molecule has 0 saturated carbocycles. The van der Waals surface area contributed by atoms with Crippen LogP contribution in [0.3, 0.4) is 0 Å². The van der Waals surface area contributed by atoms with Gasteiger partial charge in [0.25, 0.3) is 6.33 Å². The molecule has 0 radical (unpaired) electrons. The number of nitrogen functional groups attached to an aromatic ring is 2. The molecule has 76 heavy (non-hydrogen) atoms. The Balaban J connectivity index is 0.000000176. The highest BCUT2D eigenvalue weighted by atomic mass is 19.1. The lowest BCUT2D eigenvalue weighted by Crippen LogP contribution is -2.42. The molecule has 0 amide bonds. The summed E-state index contributed by atoms with van der Waals surface area (Å²) >= 11 is 0. The van der Waals surface area contributed by atoms with Crippen LogP contribution in [0, 0.1) is 64.3 Å². The number of hydrogen-bond acceptors (Lipinski definition) is 13. The second-order valence-electron chi connectivity index (χ2n) is 15.5. The molecule has 0 aliphatic carbocycles. The first-order valence-electron chi connectivity index (χ1n) is 22.6. The number of rotatable bonds is 8. The van der Waals surface area contributed by atoms with Crippen LogP contribution in [0.25, 0.3) is 9.69 Å². The molecule has 0 spiro atoms. The van der Waals surface area contributed by atoms with Crippen molar-refractivity contribution in [3.63, 3.8) is 0 Å². The predicted octanol–water partition coefficient (Wildman–Crippen LogP) is 7.83. The van der Waals surface area contributed by atoms with E-state index < -0.39 is 0 Å². The molecule has 0 bridgehead atoms. The van der Waals surface area contributed by atoms with Crippen molar-refractivity contribution in [1.29, 1.82) is 21.0 Å². The molecule has 372 valence electrons. The summed E-state index contributed by atoms with van der Waals surface area (Å²) in [6.07, 6.45) is 13.4. The molecule has 0 aliphatic heterocycles. The van der Waals surface area contributed by atoms with Crippen molar-refractivity contribution in [2.24, 2.45) is 0 Å². The number of benzene rings is 6. The van der Waals surface area contributed by atoms with E-state index in [1.165, 1.54) is 70.8 Å². The van der Waals surface area contributed by atoms with Gasteiger partial charge in [0.2, 0.25) is 6.33 Å². The molecule has 0 aliphatic rings. The predicted molar refractivity (Wildman–Crippen MR) is 278 cm³/mol. The maximum Gasteiger partial charge on any atom is 0.286 e. The lowest BCUT2D eigenvalue weighted by Gasteiger charge is -2.18. The Hall–Kier alpha value is -11.7. The number of hydrogen-bond donors (Lipinski definition) is 2. The van der Waals surface area contributed by atoms with Crippen LogP contribution in [0.2, 0.25) is 0 Å². The third-order valence-corrected chi connectivity index (χ3v) is 10.2. The van der Waals surface area contributed by atoms with Crippen molar-refractivity contribution in [2.75, 3.05) is 11.7 Å². The third-order valence-electron chi connectivity index (χ3n) is 10.2. The molecular weight excluding hydrogens is 960 g/mol. The van der Waals surface area contributed by atoms with E-state index >= 15 is 0 Å². The van der Waals surface area contributed by atoms with E-state index in [-0.39, 0.29) is 11.9 Å². The second kappa shape index (κ2) is 30.2. The molecule has 4 aromatic heterocycles. The van der Waals surface area contributed by atoms with Gasteiger partial charge in [-0.2, -0.15) is 31.2 Å². The van der Waals surface area contributed by atoms with Crippen LogP contribution in [-0.4, -0.2) is 54.2 Å². The Bertz CT molecular complexity index is 3460. The maximum atomic E-state index is 12.1. The minimum atomic E-state index is -0.303. The molecular formula is C55H46FN20+. The zero-order valence-corrected chi connectivity index (χ0v) is 40.8. The van der Waals surface area contributed by atoms with Crippen LogP contribution in [0.5, 0.6) is 0 Å². The Kier molecular flexibility index (Phi) is 21.9. The molecule has 0 saturated heterocycles. The summed E-state index contributed by atoms with van der Waals surface area (Å²) < 4.78 is 20.0. The minimum Gasteiger partial charge on any atom is -0.337 e. The van der Waals surface area contributed by atoms with Crippen molar-refractivity contribution in [3.05, 3.63) is 275 Å². The van der Waals surface area contributed by atoms with Crippen LogP contribution in [-0.2, 0) is 19.5 Å². The Morgan fingerprint density at radius 1 is 0.553 bits per heavy atom. The van der Waals surface area contributed by atoms with Crippen molar-refractivity contribution >= 4 is 11.4 Å². The molecule has 21 heteroatoms. The van der Waals surface area contributed by atoms with Gasteiger partial charge >= 0.3 is 0 Å². The zero-order chi connectivity index (χ0) is 54.3. The van der Waals surface area contributed by atoms with Crippen molar-refractivity contribution < 1.29 is 9.07 Å². The molecule has 4 heterocycles. The summed E-state index contributed by atoms with van der Waals surface area (Å²) in [5.41, 5.74) is 9.22. The summed E-state index contributed by atoms with van der Waals surface area (Å²) in [5, 5.41) is 53.7. The second-order valence-corrected chi connectivity index (χ2v) is 15.5. The first-order chi connectivity index (χ1) is 37.1. The van der Waals surface area contributed by atoms with Gasteiger partial charge in [0.15, 0.2) is 11.4 Å². The summed E-state index contributed by atoms with van der Waals surface area (Å²) in [4.78, 5) is 14.4. The van der Waals surface area contributed by atoms with Crippen LogP contribution in [0.4, 0.5) is 15.8 Å². The SMILES string of the molecule is CCc1ccc(C#N)cc1.N#Cc1ccc(Cn2c[n+](N)cn2)cc1.N#Cc1ccc(Cn2cncn2)cc1.Nn1cnnc1.[C-]#[N+]c1ccc(C(c2ccc(C#N)cc2)n2cncn2)cc1.[C-]#[N+]c1ccc(F)cc1. The number of aryl methyl sites for hydroxylation is 1. The fourth-order valence-corrected chi connectivity index (χ4v) is 6.34. The largest absolute Gasteiger partial charge is 0.337 e. The quantitative estimate of drug-likeness (QED) is 0.0835. The molecule has 20 nitrogen and oxygen atoms in total. The smallest absolute Gasteiger partial charge is 0.286 e. The van der Waals surface area contributed by atoms with Gasteiger partial charge < -0.3 is 5.84 Å². The molecule has 6 aromatic carbocycles. The lowest BCUT2D eigenvalue weighted by molar-refractivity contribution is -0.639. The summed E-state index contributed by atoms with van der Waals surface area (Å²) in [6, 6.07) is 50.9. The van der Waals surface area contributed by atoms with Crippen molar-refractivity contribution in [3.8, 4) is 24.3 Å². The van der Waals surface area contributed by atoms with Gasteiger partial charge in [-0.1, -0.05) is 91.9 Å². The average molecular weight is 1010 g/mol. The Morgan fingerprint density at radius 2 is 0.974 bits per heavy atom. The van der Waals surface area contributed by atoms with Crippen LogP contribution >= 0.6 is 0 Å². The first kappa shape index (κ1) is 55.3. The van der Waals surface area contributed by atoms with E-state index in [2.05, 4.69) is 76.4 Å². The zero-order valence-electron chi connectivity index (χ0n) is 40.8. The molecule has 10 rings (SSSR count). The number of nitrogens with two attached hydrogens (primary N) is 2. The maximum absolute atomic E-state index is 12.1. The lowest BCUT2D eigenvalue weighted by atomic mass is 9.98. The van der Waals surface area contributed by atoms with Gasteiger partial charge in [-0.25, -0.2) is 38.1 Å².